The minimum absolute atomic E-state index is 0. The van der Waals surface area contributed by atoms with Crippen molar-refractivity contribution in [1.82, 2.24) is 10.6 Å². The summed E-state index contributed by atoms with van der Waals surface area (Å²) in [5.74, 6) is -0.590. The van der Waals surface area contributed by atoms with Crippen molar-refractivity contribution in [2.45, 2.75) is 77.7 Å². The average molecular weight is 626 g/mol. The van der Waals surface area contributed by atoms with Gasteiger partial charge in [-0.1, -0.05) is 35.3 Å². The van der Waals surface area contributed by atoms with Gasteiger partial charge in [0.25, 0.3) is 0 Å². The number of phenolic OH excluding ortho intramolecular Hbond substituents is 2. The molecule has 42 heavy (non-hydrogen) atoms. The van der Waals surface area contributed by atoms with Crippen LogP contribution in [-0.4, -0.2) is 66.6 Å². The lowest BCUT2D eigenvalue weighted by Crippen LogP contribution is -2.47. The van der Waals surface area contributed by atoms with E-state index in [9.17, 15) is 24.6 Å². The number of hydrogen-bond acceptors (Lipinski definition) is 8. The highest BCUT2D eigenvalue weighted by molar-refractivity contribution is 6.31. The van der Waals surface area contributed by atoms with Crippen molar-refractivity contribution in [3.05, 3.63) is 57.6 Å². The Morgan fingerprint density at radius 3 is 1.57 bits per heavy atom. The first kappa shape index (κ1) is 38.7. The lowest BCUT2D eigenvalue weighted by atomic mass is 10.1. The largest absolute Gasteiger partial charge is 0.508 e. The first-order chi connectivity index (χ1) is 18.8. The van der Waals surface area contributed by atoms with Crippen molar-refractivity contribution in [2.24, 2.45) is 11.5 Å². The van der Waals surface area contributed by atoms with Gasteiger partial charge >= 0.3 is 12.2 Å². The van der Waals surface area contributed by atoms with Crippen LogP contribution in [0.1, 0.15) is 52.7 Å². The van der Waals surface area contributed by atoms with Crippen molar-refractivity contribution >= 4 is 49.7 Å². The second kappa shape index (κ2) is 16.9. The smallest absolute Gasteiger partial charge is 0.408 e. The number of aromatic hydroxyl groups is 2. The molecule has 2 atom stereocenters. The highest BCUT2D eigenvalue weighted by atomic mass is 35.5. The van der Waals surface area contributed by atoms with E-state index in [4.69, 9.17) is 44.1 Å². The number of alkyl carbamates (subject to hydrolysis) is 2. The van der Waals surface area contributed by atoms with E-state index in [1.54, 1.807) is 59.7 Å². The number of phenols is 2. The van der Waals surface area contributed by atoms with Gasteiger partial charge in [0.15, 0.2) is 0 Å². The van der Waals surface area contributed by atoms with Gasteiger partial charge in [-0.25, -0.2) is 9.59 Å². The van der Waals surface area contributed by atoms with Crippen LogP contribution in [-0.2, 0) is 27.1 Å². The molecule has 14 heteroatoms. The van der Waals surface area contributed by atoms with Crippen LogP contribution in [0.4, 0.5) is 9.59 Å². The van der Waals surface area contributed by atoms with Crippen LogP contribution in [0.5, 0.6) is 11.5 Å². The van der Waals surface area contributed by atoms with E-state index in [1.807, 2.05) is 0 Å². The number of carbonyl (C=O) groups excluding carboxylic acids is 3. The Labute approximate surface area is 258 Å². The van der Waals surface area contributed by atoms with E-state index in [0.29, 0.717) is 17.0 Å². The summed E-state index contributed by atoms with van der Waals surface area (Å²) in [4.78, 5) is 34.8. The molecular weight excluding hydrogens is 586 g/mol. The summed E-state index contributed by atoms with van der Waals surface area (Å²) in [6.45, 7) is 10.8. The van der Waals surface area contributed by atoms with Crippen LogP contribution in [0.25, 0.3) is 0 Å². The number of benzene rings is 2. The number of halogens is 2. The summed E-state index contributed by atoms with van der Waals surface area (Å²) in [7, 11) is 0. The molecule has 0 fully saturated rings. The van der Waals surface area contributed by atoms with E-state index in [0.717, 1.165) is 5.56 Å². The Kier molecular flexibility index (Phi) is 15.6. The molecule has 0 heterocycles. The van der Waals surface area contributed by atoms with Gasteiger partial charge in [0.1, 0.15) is 28.7 Å². The molecule has 0 aliphatic rings. The number of hydrogen-bond donors (Lipinski definition) is 6. The Bertz CT molecular complexity index is 1200. The molecule has 0 saturated heterocycles. The van der Waals surface area contributed by atoms with Crippen LogP contribution < -0.4 is 22.1 Å². The maximum absolute atomic E-state index is 11.7. The third-order valence-corrected chi connectivity index (χ3v) is 5.71. The molecule has 0 aromatic heterocycles. The first-order valence-corrected chi connectivity index (χ1v) is 13.5. The van der Waals surface area contributed by atoms with Crippen molar-refractivity contribution in [2.75, 3.05) is 6.54 Å². The second-order valence-corrected chi connectivity index (χ2v) is 12.0. The standard InChI is InChI=1S/C14H19ClN2O4.C14H21ClN2O3.B/c1-14(2,3)21-13(20)17-11(12(16)19)6-8-4-5-9(18)7-10(8)15;1-14(2,3)20-13(19)17-10(8-16)6-9-4-5-11(18)7-12(9)15;/h4-5,7,11,18H,6H2,1-3H3,(H2,16,19)(H,17,20);4-5,7,10,18H,6,8,16H2,1-3H3,(H,17,19);/t11-;10-;/m00./s1. The second-order valence-electron chi connectivity index (χ2n) is 11.1. The van der Waals surface area contributed by atoms with Gasteiger partial charge in [-0.2, -0.15) is 0 Å². The van der Waals surface area contributed by atoms with Crippen LogP contribution in [0.2, 0.25) is 10.0 Å². The van der Waals surface area contributed by atoms with Crippen LogP contribution in [0, 0.1) is 0 Å². The van der Waals surface area contributed by atoms with Crippen molar-refractivity contribution < 1.29 is 34.1 Å². The zero-order chi connectivity index (χ0) is 31.5. The van der Waals surface area contributed by atoms with Crippen molar-refractivity contribution in [1.29, 1.82) is 0 Å². The van der Waals surface area contributed by atoms with Crippen LogP contribution in [0.3, 0.4) is 0 Å². The SMILES string of the molecule is CC(C)(C)OC(=O)N[C@@H](Cc1ccc(O)cc1Cl)C(N)=O.CC(C)(C)OC(=O)N[C@H](CN)Cc1ccc(O)cc1Cl.[B]. The van der Waals surface area contributed by atoms with Gasteiger partial charge in [-0.3, -0.25) is 4.79 Å². The molecule has 0 saturated carbocycles. The average Bonchev–Trinajstić information content (AvgIpc) is 2.79. The monoisotopic (exact) mass is 625 g/mol. The van der Waals surface area contributed by atoms with E-state index in [1.165, 1.54) is 18.2 Å². The van der Waals surface area contributed by atoms with Crippen molar-refractivity contribution in [3.8, 4) is 11.5 Å². The lowest BCUT2D eigenvalue weighted by molar-refractivity contribution is -0.120. The van der Waals surface area contributed by atoms with Gasteiger partial charge < -0.3 is 41.8 Å². The first-order valence-electron chi connectivity index (χ1n) is 12.7. The van der Waals surface area contributed by atoms with Gasteiger partial charge in [0.2, 0.25) is 5.91 Å². The number of nitrogens with one attached hydrogen (secondary N) is 2. The molecule has 8 N–H and O–H groups in total. The fourth-order valence-corrected chi connectivity index (χ4v) is 3.73. The van der Waals surface area contributed by atoms with E-state index >= 15 is 0 Å². The maximum atomic E-state index is 11.7. The Morgan fingerprint density at radius 2 is 1.21 bits per heavy atom. The van der Waals surface area contributed by atoms with E-state index in [-0.39, 0.29) is 43.9 Å². The molecule has 0 spiro atoms. The summed E-state index contributed by atoms with van der Waals surface area (Å²) < 4.78 is 10.3. The summed E-state index contributed by atoms with van der Waals surface area (Å²) in [6, 6.07) is 7.81. The molecule has 3 amide bonds. The summed E-state index contributed by atoms with van der Waals surface area (Å²) in [6.07, 6.45) is -0.674. The highest BCUT2D eigenvalue weighted by Crippen LogP contribution is 2.24. The topological polar surface area (TPSA) is 186 Å². The Balaban J connectivity index is 0.000000783. The number of primary amides is 1. The minimum Gasteiger partial charge on any atom is -0.508 e. The summed E-state index contributed by atoms with van der Waals surface area (Å²) in [5, 5.41) is 24.4. The summed E-state index contributed by atoms with van der Waals surface area (Å²) in [5.41, 5.74) is 11.1. The molecule has 2 aromatic rings. The third kappa shape index (κ3) is 15.6. The molecule has 0 aliphatic carbocycles. The van der Waals surface area contributed by atoms with E-state index < -0.39 is 35.3 Å². The van der Waals surface area contributed by atoms with Gasteiger partial charge in [0.05, 0.1) is 0 Å². The number of nitrogens with two attached hydrogens (primary N) is 2. The number of amides is 3. The lowest BCUT2D eigenvalue weighted by Gasteiger charge is -2.23. The molecule has 231 valence electrons. The predicted octanol–water partition coefficient (Wildman–Crippen LogP) is 4.03. The van der Waals surface area contributed by atoms with Gasteiger partial charge in [0, 0.05) is 37.5 Å². The van der Waals surface area contributed by atoms with Gasteiger partial charge in [-0.15, -0.1) is 0 Å². The molecule has 3 radical (unpaired) electrons. The van der Waals surface area contributed by atoms with Gasteiger partial charge in [-0.05, 0) is 83.4 Å². The zero-order valence-corrected chi connectivity index (χ0v) is 26.2. The molecule has 2 aromatic carbocycles. The minimum atomic E-state index is -0.957. The van der Waals surface area contributed by atoms with Crippen LogP contribution >= 0.6 is 23.2 Å². The maximum Gasteiger partial charge on any atom is 0.408 e. The predicted molar refractivity (Wildman–Crippen MR) is 164 cm³/mol. The molecule has 0 aliphatic heterocycles. The number of carbonyl (C=O) groups is 3. The fourth-order valence-electron chi connectivity index (χ4n) is 3.23. The normalized spacial score (nSPS) is 12.4. The highest BCUT2D eigenvalue weighted by Gasteiger charge is 2.24. The zero-order valence-electron chi connectivity index (χ0n) is 24.7. The Morgan fingerprint density at radius 1 is 0.810 bits per heavy atom. The molecular formula is C28H40BCl2N4O7. The Hall–Kier alpha value is -3.35. The van der Waals surface area contributed by atoms with Crippen molar-refractivity contribution in [3.63, 3.8) is 0 Å². The molecule has 2 rings (SSSR count). The molecule has 0 bridgehead atoms. The summed E-state index contributed by atoms with van der Waals surface area (Å²) >= 11 is 12.0. The number of ether oxygens (including phenoxy) is 2. The molecule has 0 unspecified atom stereocenters. The van der Waals surface area contributed by atoms with E-state index in [2.05, 4.69) is 10.6 Å². The number of rotatable bonds is 8. The van der Waals surface area contributed by atoms with Crippen LogP contribution in [0.15, 0.2) is 36.4 Å². The molecule has 11 nitrogen and oxygen atoms in total. The quantitative estimate of drug-likeness (QED) is 0.237. The third-order valence-electron chi connectivity index (χ3n) is 5.00. The fraction of sp³-hybridized carbons (Fsp3) is 0.464.